The van der Waals surface area contributed by atoms with Gasteiger partial charge in [-0.3, -0.25) is 19.2 Å². The number of carbonyl (C=O) groups is 4. The second-order valence-corrected chi connectivity index (χ2v) is 4.88. The standard InChI is InChI=1S/C14H24N2O8/c1-8(10(13(19)22-3)14(20)23-4)11(12(15)18)16-9(17)7-24-6-5-21-2/h8,10-11H,5-7H2,1-4H3,(H2,15,18)(H,16,17)/t8-,11-/m0/s1. The number of methoxy groups -OCH3 is 3. The lowest BCUT2D eigenvalue weighted by atomic mass is 9.87. The summed E-state index contributed by atoms with van der Waals surface area (Å²) in [4.78, 5) is 47.0. The van der Waals surface area contributed by atoms with Crippen LogP contribution in [0.2, 0.25) is 0 Å². The Morgan fingerprint density at radius 3 is 1.96 bits per heavy atom. The summed E-state index contributed by atoms with van der Waals surface area (Å²) in [5.74, 6) is -5.73. The zero-order valence-corrected chi connectivity index (χ0v) is 14.2. The molecule has 0 rings (SSSR count). The molecule has 138 valence electrons. The summed E-state index contributed by atoms with van der Waals surface area (Å²) >= 11 is 0. The van der Waals surface area contributed by atoms with Crippen LogP contribution in [0.5, 0.6) is 0 Å². The molecule has 0 aliphatic rings. The molecule has 10 heteroatoms. The van der Waals surface area contributed by atoms with Crippen LogP contribution in [-0.4, -0.2) is 70.9 Å². The number of hydrogen-bond donors (Lipinski definition) is 2. The van der Waals surface area contributed by atoms with Gasteiger partial charge >= 0.3 is 11.9 Å². The van der Waals surface area contributed by atoms with Crippen molar-refractivity contribution in [3.63, 3.8) is 0 Å². The van der Waals surface area contributed by atoms with Gasteiger partial charge in [-0.25, -0.2) is 0 Å². The van der Waals surface area contributed by atoms with Gasteiger partial charge in [-0.1, -0.05) is 6.92 Å². The minimum absolute atomic E-state index is 0.188. The van der Waals surface area contributed by atoms with Crippen LogP contribution in [0, 0.1) is 11.8 Å². The Morgan fingerprint density at radius 1 is 1.00 bits per heavy atom. The predicted octanol–water partition coefficient (Wildman–Crippen LogP) is -1.78. The molecule has 2 amide bonds. The Kier molecular flexibility index (Phi) is 10.3. The second kappa shape index (κ2) is 11.4. The summed E-state index contributed by atoms with van der Waals surface area (Å²) in [6.45, 7) is 1.56. The van der Waals surface area contributed by atoms with E-state index in [9.17, 15) is 19.2 Å². The van der Waals surface area contributed by atoms with Crippen molar-refractivity contribution < 1.29 is 38.1 Å². The molecule has 0 radical (unpaired) electrons. The summed E-state index contributed by atoms with van der Waals surface area (Å²) in [5, 5.41) is 2.34. The molecule has 0 saturated heterocycles. The number of ether oxygens (including phenoxy) is 4. The second-order valence-electron chi connectivity index (χ2n) is 4.88. The first-order chi connectivity index (χ1) is 11.3. The number of primary amides is 1. The van der Waals surface area contributed by atoms with Crippen LogP contribution in [0.25, 0.3) is 0 Å². The van der Waals surface area contributed by atoms with Gasteiger partial charge in [0, 0.05) is 13.0 Å². The minimum atomic E-state index is -1.41. The van der Waals surface area contributed by atoms with Crippen molar-refractivity contribution in [3.05, 3.63) is 0 Å². The van der Waals surface area contributed by atoms with Crippen LogP contribution in [0.4, 0.5) is 0 Å². The number of esters is 2. The maximum atomic E-state index is 11.8. The van der Waals surface area contributed by atoms with E-state index in [2.05, 4.69) is 14.8 Å². The molecule has 24 heavy (non-hydrogen) atoms. The Balaban J connectivity index is 5.00. The van der Waals surface area contributed by atoms with Crippen LogP contribution >= 0.6 is 0 Å². The summed E-state index contributed by atoms with van der Waals surface area (Å²) in [5.41, 5.74) is 5.26. The van der Waals surface area contributed by atoms with Gasteiger partial charge in [0.25, 0.3) is 0 Å². The van der Waals surface area contributed by atoms with E-state index in [0.717, 1.165) is 14.2 Å². The third-order valence-electron chi connectivity index (χ3n) is 3.25. The van der Waals surface area contributed by atoms with E-state index in [4.69, 9.17) is 15.2 Å². The molecule has 0 fully saturated rings. The molecule has 0 aliphatic carbocycles. The van der Waals surface area contributed by atoms with Gasteiger partial charge in [0.1, 0.15) is 12.6 Å². The highest BCUT2D eigenvalue weighted by molar-refractivity contribution is 5.97. The summed E-state index contributed by atoms with van der Waals surface area (Å²) in [7, 11) is 3.66. The molecule has 0 saturated carbocycles. The Morgan fingerprint density at radius 2 is 1.54 bits per heavy atom. The topological polar surface area (TPSA) is 143 Å². The maximum absolute atomic E-state index is 11.8. The van der Waals surface area contributed by atoms with Gasteiger partial charge in [-0.05, 0) is 0 Å². The molecule has 0 heterocycles. The van der Waals surface area contributed by atoms with Crippen molar-refractivity contribution in [3.8, 4) is 0 Å². The third-order valence-corrected chi connectivity index (χ3v) is 3.25. The summed E-state index contributed by atoms with van der Waals surface area (Å²) in [6.07, 6.45) is 0. The van der Waals surface area contributed by atoms with Crippen molar-refractivity contribution >= 4 is 23.8 Å². The minimum Gasteiger partial charge on any atom is -0.468 e. The number of rotatable bonds is 11. The average Bonchev–Trinajstić information content (AvgIpc) is 2.55. The smallest absolute Gasteiger partial charge is 0.320 e. The van der Waals surface area contributed by atoms with Crippen molar-refractivity contribution in [2.24, 2.45) is 17.6 Å². The van der Waals surface area contributed by atoms with Crippen LogP contribution in [0.3, 0.4) is 0 Å². The summed E-state index contributed by atoms with van der Waals surface area (Å²) in [6, 6.07) is -1.29. The van der Waals surface area contributed by atoms with Crippen LogP contribution in [0.1, 0.15) is 6.92 Å². The van der Waals surface area contributed by atoms with Crippen molar-refractivity contribution in [2.75, 3.05) is 41.2 Å². The van der Waals surface area contributed by atoms with Gasteiger partial charge in [0.15, 0.2) is 5.92 Å². The van der Waals surface area contributed by atoms with Gasteiger partial charge < -0.3 is 30.0 Å². The quantitative estimate of drug-likeness (QED) is 0.253. The number of nitrogens with two attached hydrogens (primary N) is 1. The first-order valence-corrected chi connectivity index (χ1v) is 7.11. The van der Waals surface area contributed by atoms with Gasteiger partial charge in [0.2, 0.25) is 11.8 Å². The molecule has 0 aromatic heterocycles. The van der Waals surface area contributed by atoms with Crippen molar-refractivity contribution in [2.45, 2.75) is 13.0 Å². The molecular formula is C14H24N2O8. The molecule has 0 aromatic carbocycles. The molecule has 2 atom stereocenters. The van der Waals surface area contributed by atoms with E-state index < -0.39 is 41.6 Å². The number of amides is 2. The highest BCUT2D eigenvalue weighted by atomic mass is 16.5. The lowest BCUT2D eigenvalue weighted by Gasteiger charge is -2.26. The molecule has 0 unspecified atom stereocenters. The van der Waals surface area contributed by atoms with Crippen molar-refractivity contribution in [1.29, 1.82) is 0 Å². The summed E-state index contributed by atoms with van der Waals surface area (Å²) < 4.78 is 18.9. The Bertz CT molecular complexity index is 438. The lowest BCUT2D eigenvalue weighted by Crippen LogP contribution is -2.53. The maximum Gasteiger partial charge on any atom is 0.320 e. The molecular weight excluding hydrogens is 324 g/mol. The molecule has 0 aromatic rings. The van der Waals surface area contributed by atoms with E-state index in [-0.39, 0.29) is 13.2 Å². The third kappa shape index (κ3) is 6.92. The van der Waals surface area contributed by atoms with E-state index >= 15 is 0 Å². The van der Waals surface area contributed by atoms with Crippen LogP contribution in [-0.2, 0) is 38.1 Å². The lowest BCUT2D eigenvalue weighted by molar-refractivity contribution is -0.162. The van der Waals surface area contributed by atoms with E-state index in [1.165, 1.54) is 14.0 Å². The molecule has 3 N–H and O–H groups in total. The van der Waals surface area contributed by atoms with Gasteiger partial charge in [0.05, 0.1) is 27.4 Å². The van der Waals surface area contributed by atoms with E-state index in [0.29, 0.717) is 6.61 Å². The van der Waals surface area contributed by atoms with E-state index in [1.54, 1.807) is 0 Å². The monoisotopic (exact) mass is 348 g/mol. The highest BCUT2D eigenvalue weighted by Crippen LogP contribution is 2.19. The molecule has 0 spiro atoms. The Labute approximate surface area is 139 Å². The fraction of sp³-hybridized carbons (Fsp3) is 0.714. The SMILES string of the molecule is COCCOCC(=O)N[C@H](C(N)=O)[C@@H](C)C(C(=O)OC)C(=O)OC. The number of nitrogens with one attached hydrogen (secondary N) is 1. The molecule has 10 nitrogen and oxygen atoms in total. The normalized spacial score (nSPS) is 13.0. The highest BCUT2D eigenvalue weighted by Gasteiger charge is 2.41. The largest absolute Gasteiger partial charge is 0.468 e. The number of hydrogen-bond acceptors (Lipinski definition) is 8. The molecule has 0 bridgehead atoms. The number of carbonyl (C=O) groups excluding carboxylic acids is 4. The molecule has 0 aliphatic heterocycles. The van der Waals surface area contributed by atoms with Crippen LogP contribution in [0.15, 0.2) is 0 Å². The predicted molar refractivity (Wildman–Crippen MR) is 80.5 cm³/mol. The first kappa shape index (κ1) is 21.8. The van der Waals surface area contributed by atoms with Crippen molar-refractivity contribution in [1.82, 2.24) is 5.32 Å². The van der Waals surface area contributed by atoms with E-state index in [1.807, 2.05) is 0 Å². The zero-order valence-electron chi connectivity index (χ0n) is 14.2. The first-order valence-electron chi connectivity index (χ1n) is 7.11. The fourth-order valence-corrected chi connectivity index (χ4v) is 1.96. The van der Waals surface area contributed by atoms with Gasteiger partial charge in [-0.2, -0.15) is 0 Å². The van der Waals surface area contributed by atoms with Crippen LogP contribution < -0.4 is 11.1 Å². The fourth-order valence-electron chi connectivity index (χ4n) is 1.96. The average molecular weight is 348 g/mol. The Hall–Kier alpha value is -2.20. The van der Waals surface area contributed by atoms with Gasteiger partial charge in [-0.15, -0.1) is 0 Å². The zero-order chi connectivity index (χ0) is 18.7.